The van der Waals surface area contributed by atoms with Crippen molar-refractivity contribution < 1.29 is 4.79 Å². The Labute approximate surface area is 111 Å². The van der Waals surface area contributed by atoms with E-state index in [-0.39, 0.29) is 11.0 Å². The van der Waals surface area contributed by atoms with Gasteiger partial charge in [0, 0.05) is 5.56 Å². The Kier molecular flexibility index (Phi) is 4.10. The second-order valence-corrected chi connectivity index (χ2v) is 5.34. The van der Waals surface area contributed by atoms with Gasteiger partial charge in [0.2, 0.25) is 0 Å². The highest BCUT2D eigenvalue weighted by molar-refractivity contribution is 8.00. The lowest BCUT2D eigenvalue weighted by Crippen LogP contribution is -2.08. The molecule has 4 heteroatoms. The number of thioether (sulfide) groups is 1. The van der Waals surface area contributed by atoms with Gasteiger partial charge in [-0.2, -0.15) is 0 Å². The van der Waals surface area contributed by atoms with Crippen LogP contribution in [0, 0.1) is 0 Å². The number of hydrogen-bond donors (Lipinski definition) is 0. The Morgan fingerprint density at radius 3 is 2.61 bits per heavy atom. The maximum atomic E-state index is 11.2. The molecule has 1 atom stereocenters. The molecule has 3 nitrogen and oxygen atoms in total. The highest BCUT2D eigenvalue weighted by Gasteiger charge is 2.11. The molecular weight excluding hydrogens is 244 g/mol. The summed E-state index contributed by atoms with van der Waals surface area (Å²) in [6.45, 7) is 3.48. The van der Waals surface area contributed by atoms with Crippen LogP contribution in [0.2, 0.25) is 0 Å². The molecule has 0 amide bonds. The summed E-state index contributed by atoms with van der Waals surface area (Å²) < 4.78 is 0. The molecule has 0 aliphatic heterocycles. The normalized spacial score (nSPS) is 12.1. The quantitative estimate of drug-likeness (QED) is 0.624. The number of hydrogen-bond acceptors (Lipinski definition) is 4. The van der Waals surface area contributed by atoms with Crippen LogP contribution in [-0.4, -0.2) is 21.0 Å². The third-order valence-corrected chi connectivity index (χ3v) is 3.73. The van der Waals surface area contributed by atoms with Gasteiger partial charge >= 0.3 is 0 Å². The van der Waals surface area contributed by atoms with Gasteiger partial charge < -0.3 is 0 Å². The molecule has 0 aliphatic carbocycles. The number of carbonyl (C=O) groups is 1. The van der Waals surface area contributed by atoms with Gasteiger partial charge in [0.15, 0.2) is 0 Å². The summed E-state index contributed by atoms with van der Waals surface area (Å²) in [5.41, 5.74) is 1.93. The maximum Gasteiger partial charge on any atom is 0.142 e. The van der Waals surface area contributed by atoms with Gasteiger partial charge in [-0.25, -0.2) is 9.97 Å². The minimum Gasteiger partial charge on any atom is -0.299 e. The summed E-state index contributed by atoms with van der Waals surface area (Å²) in [7, 11) is 0. The van der Waals surface area contributed by atoms with Crippen molar-refractivity contribution in [1.29, 1.82) is 0 Å². The Hall–Kier alpha value is -1.68. The van der Waals surface area contributed by atoms with Crippen molar-refractivity contribution in [2.24, 2.45) is 0 Å². The number of ketones is 1. The molecule has 0 saturated carbocycles. The molecule has 0 fully saturated rings. The third kappa shape index (κ3) is 3.17. The van der Waals surface area contributed by atoms with Crippen LogP contribution in [0.3, 0.4) is 0 Å². The molecule has 0 saturated heterocycles. The van der Waals surface area contributed by atoms with E-state index < -0.39 is 0 Å². The first kappa shape index (κ1) is 12.8. The Morgan fingerprint density at radius 1 is 1.22 bits per heavy atom. The minimum absolute atomic E-state index is 0.0801. The van der Waals surface area contributed by atoms with E-state index in [2.05, 4.69) is 9.97 Å². The van der Waals surface area contributed by atoms with E-state index in [0.29, 0.717) is 0 Å². The van der Waals surface area contributed by atoms with Crippen LogP contribution in [-0.2, 0) is 4.79 Å². The molecular formula is C14H14N2OS. The lowest BCUT2D eigenvalue weighted by atomic mass is 10.1. The van der Waals surface area contributed by atoms with E-state index in [1.54, 1.807) is 6.92 Å². The first-order valence-electron chi connectivity index (χ1n) is 5.71. The maximum absolute atomic E-state index is 11.2. The van der Waals surface area contributed by atoms with Crippen LogP contribution >= 0.6 is 11.8 Å². The fourth-order valence-electron chi connectivity index (χ4n) is 1.43. The van der Waals surface area contributed by atoms with Crippen LogP contribution in [0.5, 0.6) is 0 Å². The van der Waals surface area contributed by atoms with Gasteiger partial charge in [-0.1, -0.05) is 42.1 Å². The molecule has 2 aromatic rings. The lowest BCUT2D eigenvalue weighted by molar-refractivity contribution is -0.116. The van der Waals surface area contributed by atoms with Crippen molar-refractivity contribution in [3.8, 4) is 11.3 Å². The van der Waals surface area contributed by atoms with Crippen LogP contribution in [0.25, 0.3) is 11.3 Å². The predicted molar refractivity (Wildman–Crippen MR) is 73.5 cm³/mol. The average Bonchev–Trinajstić information content (AvgIpc) is 2.40. The van der Waals surface area contributed by atoms with Crippen molar-refractivity contribution in [1.82, 2.24) is 9.97 Å². The predicted octanol–water partition coefficient (Wildman–Crippen LogP) is 3.21. The largest absolute Gasteiger partial charge is 0.299 e. The SMILES string of the molecule is CC(=O)[C@@H](C)Sc1cc(-c2ccccc2)ncn1. The highest BCUT2D eigenvalue weighted by Crippen LogP contribution is 2.25. The van der Waals surface area contributed by atoms with Crippen LogP contribution in [0.4, 0.5) is 0 Å². The molecule has 18 heavy (non-hydrogen) atoms. The van der Waals surface area contributed by atoms with E-state index >= 15 is 0 Å². The Bertz CT molecular complexity index is 543. The van der Waals surface area contributed by atoms with Gasteiger partial charge in [0.25, 0.3) is 0 Å². The number of nitrogens with zero attached hydrogens (tertiary/aromatic N) is 2. The van der Waals surface area contributed by atoms with Crippen molar-refractivity contribution in [3.63, 3.8) is 0 Å². The molecule has 92 valence electrons. The van der Waals surface area contributed by atoms with Crippen molar-refractivity contribution in [3.05, 3.63) is 42.7 Å². The molecule has 1 aromatic carbocycles. The topological polar surface area (TPSA) is 42.9 Å². The summed E-state index contributed by atoms with van der Waals surface area (Å²) in [4.78, 5) is 19.7. The number of carbonyl (C=O) groups excluding carboxylic acids is 1. The highest BCUT2D eigenvalue weighted by atomic mass is 32.2. The van der Waals surface area contributed by atoms with Crippen LogP contribution < -0.4 is 0 Å². The molecule has 0 unspecified atom stereocenters. The number of Topliss-reactive ketones (excluding diaryl/α,β-unsaturated/α-hetero) is 1. The molecule has 0 aliphatic rings. The van der Waals surface area contributed by atoms with E-state index in [9.17, 15) is 4.79 Å². The molecule has 1 heterocycles. The number of rotatable bonds is 4. The molecule has 0 N–H and O–H groups in total. The molecule has 0 spiro atoms. The van der Waals surface area contributed by atoms with Crippen LogP contribution in [0.1, 0.15) is 13.8 Å². The number of benzene rings is 1. The second-order valence-electron chi connectivity index (χ2n) is 3.98. The summed E-state index contributed by atoms with van der Waals surface area (Å²) in [5.74, 6) is 0.153. The lowest BCUT2D eigenvalue weighted by Gasteiger charge is -2.07. The zero-order valence-corrected chi connectivity index (χ0v) is 11.1. The third-order valence-electron chi connectivity index (χ3n) is 2.58. The minimum atomic E-state index is -0.0801. The van der Waals surface area contributed by atoms with E-state index in [0.717, 1.165) is 16.3 Å². The fraction of sp³-hybridized carbons (Fsp3) is 0.214. The monoisotopic (exact) mass is 258 g/mol. The Balaban J connectivity index is 2.23. The van der Waals surface area contributed by atoms with Crippen LogP contribution in [0.15, 0.2) is 47.8 Å². The summed E-state index contributed by atoms with van der Waals surface area (Å²) in [5, 5.41) is 0.745. The van der Waals surface area contributed by atoms with Crippen molar-refractivity contribution >= 4 is 17.5 Å². The Morgan fingerprint density at radius 2 is 1.94 bits per heavy atom. The van der Waals surface area contributed by atoms with Gasteiger partial charge in [0.05, 0.1) is 10.9 Å². The summed E-state index contributed by atoms with van der Waals surface area (Å²) >= 11 is 1.46. The molecule has 0 radical (unpaired) electrons. The van der Waals surface area contributed by atoms with Gasteiger partial charge in [-0.3, -0.25) is 4.79 Å². The molecule has 1 aromatic heterocycles. The fourth-order valence-corrected chi connectivity index (χ4v) is 2.25. The smallest absolute Gasteiger partial charge is 0.142 e. The molecule has 2 rings (SSSR count). The standard InChI is InChI=1S/C14H14N2OS/c1-10(17)11(2)18-14-8-13(15-9-16-14)12-6-4-3-5-7-12/h3-9,11H,1-2H3/t11-/m1/s1. The summed E-state index contributed by atoms with van der Waals surface area (Å²) in [6, 6.07) is 11.8. The van der Waals surface area contributed by atoms with Crippen molar-refractivity contribution in [2.45, 2.75) is 24.1 Å². The average molecular weight is 258 g/mol. The summed E-state index contributed by atoms with van der Waals surface area (Å²) in [6.07, 6.45) is 1.54. The van der Waals surface area contributed by atoms with E-state index in [1.165, 1.54) is 18.1 Å². The zero-order valence-electron chi connectivity index (χ0n) is 10.3. The van der Waals surface area contributed by atoms with E-state index in [1.807, 2.05) is 43.3 Å². The number of aromatic nitrogens is 2. The van der Waals surface area contributed by atoms with Gasteiger partial charge in [-0.15, -0.1) is 0 Å². The second kappa shape index (κ2) is 5.78. The van der Waals surface area contributed by atoms with Gasteiger partial charge in [-0.05, 0) is 19.9 Å². The van der Waals surface area contributed by atoms with Gasteiger partial charge in [0.1, 0.15) is 17.1 Å². The molecule has 0 bridgehead atoms. The van der Waals surface area contributed by atoms with Crippen molar-refractivity contribution in [2.75, 3.05) is 0 Å². The first-order valence-corrected chi connectivity index (χ1v) is 6.59. The van der Waals surface area contributed by atoms with E-state index in [4.69, 9.17) is 0 Å². The first-order chi connectivity index (χ1) is 8.66. The zero-order chi connectivity index (χ0) is 13.0.